The van der Waals surface area contributed by atoms with E-state index in [1.165, 1.54) is 32.1 Å². The van der Waals surface area contributed by atoms with E-state index in [-0.39, 0.29) is 5.60 Å². The van der Waals surface area contributed by atoms with E-state index >= 15 is 0 Å². The van der Waals surface area contributed by atoms with Crippen LogP contribution in [0.15, 0.2) is 0 Å². The quantitative estimate of drug-likeness (QED) is 0.798. The number of morpholine rings is 1. The highest BCUT2D eigenvalue weighted by molar-refractivity contribution is 5.02. The molecule has 2 heteroatoms. The highest BCUT2D eigenvalue weighted by Crippen LogP contribution is 2.46. The number of ether oxygens (including phenoxy) is 1. The fraction of sp³-hybridized carbons (Fsp3) is 1.00. The smallest absolute Gasteiger partial charge is 0.0840 e. The van der Waals surface area contributed by atoms with E-state index in [1.54, 1.807) is 0 Å². The molecule has 2 nitrogen and oxygen atoms in total. The molecule has 0 bridgehead atoms. The minimum atomic E-state index is 0.129. The Morgan fingerprint density at radius 1 is 1.29 bits per heavy atom. The van der Waals surface area contributed by atoms with Gasteiger partial charge in [-0.15, -0.1) is 0 Å². The second-order valence-corrected chi connectivity index (χ2v) is 7.24. The van der Waals surface area contributed by atoms with Crippen molar-refractivity contribution in [2.45, 2.75) is 71.4 Å². The summed E-state index contributed by atoms with van der Waals surface area (Å²) in [6, 6.07) is 0.566. The van der Waals surface area contributed by atoms with E-state index in [2.05, 4.69) is 33.0 Å². The molecule has 2 aliphatic rings. The van der Waals surface area contributed by atoms with E-state index < -0.39 is 0 Å². The van der Waals surface area contributed by atoms with Crippen molar-refractivity contribution in [1.82, 2.24) is 5.32 Å². The van der Waals surface area contributed by atoms with E-state index in [0.29, 0.717) is 11.5 Å². The summed E-state index contributed by atoms with van der Waals surface area (Å²) >= 11 is 0. The fourth-order valence-corrected chi connectivity index (χ4v) is 3.82. The molecule has 1 heterocycles. The summed E-state index contributed by atoms with van der Waals surface area (Å²) in [4.78, 5) is 0. The minimum Gasteiger partial charge on any atom is -0.372 e. The molecular weight excluding hydrogens is 210 g/mol. The highest BCUT2D eigenvalue weighted by atomic mass is 16.5. The van der Waals surface area contributed by atoms with Gasteiger partial charge >= 0.3 is 0 Å². The first-order valence-corrected chi connectivity index (χ1v) is 7.31. The first-order chi connectivity index (χ1) is 7.94. The molecule has 2 rings (SSSR count). The molecule has 17 heavy (non-hydrogen) atoms. The van der Waals surface area contributed by atoms with E-state index in [0.717, 1.165) is 19.1 Å². The lowest BCUT2D eigenvalue weighted by molar-refractivity contribution is -0.143. The Morgan fingerprint density at radius 3 is 2.71 bits per heavy atom. The van der Waals surface area contributed by atoms with Crippen LogP contribution in [0.3, 0.4) is 0 Å². The Bertz CT molecular complexity index is 258. The second kappa shape index (κ2) is 4.89. The first kappa shape index (κ1) is 13.4. The molecule has 2 atom stereocenters. The number of hydrogen-bond donors (Lipinski definition) is 1. The molecule has 0 amide bonds. The van der Waals surface area contributed by atoms with Crippen molar-refractivity contribution in [2.24, 2.45) is 11.3 Å². The van der Waals surface area contributed by atoms with Gasteiger partial charge in [-0.2, -0.15) is 0 Å². The Labute approximate surface area is 107 Å². The molecule has 0 aromatic carbocycles. The average molecular weight is 239 g/mol. The summed E-state index contributed by atoms with van der Waals surface area (Å²) in [7, 11) is 0. The molecule has 1 aliphatic heterocycles. The van der Waals surface area contributed by atoms with Gasteiger partial charge in [-0.05, 0) is 43.4 Å². The zero-order chi connectivity index (χ0) is 12.5. The molecule has 1 N–H and O–H groups in total. The SMILES string of the molecule is CC(C)CC1NCCOC12CCCC(C)(C)C2. The van der Waals surface area contributed by atoms with E-state index in [1.807, 2.05) is 0 Å². The van der Waals surface area contributed by atoms with Gasteiger partial charge in [-0.25, -0.2) is 0 Å². The van der Waals surface area contributed by atoms with Crippen molar-refractivity contribution in [3.63, 3.8) is 0 Å². The summed E-state index contributed by atoms with van der Waals surface area (Å²) in [6.45, 7) is 11.4. The summed E-state index contributed by atoms with van der Waals surface area (Å²) in [6.07, 6.45) is 6.40. The van der Waals surface area contributed by atoms with Gasteiger partial charge in [0.2, 0.25) is 0 Å². The van der Waals surface area contributed by atoms with Crippen LogP contribution in [0.1, 0.15) is 59.8 Å². The molecule has 1 saturated carbocycles. The predicted octanol–water partition coefficient (Wildman–Crippen LogP) is 3.36. The maximum absolute atomic E-state index is 6.29. The third kappa shape index (κ3) is 3.03. The van der Waals surface area contributed by atoms with Gasteiger partial charge in [-0.3, -0.25) is 0 Å². The number of rotatable bonds is 2. The van der Waals surface area contributed by atoms with Crippen LogP contribution in [-0.4, -0.2) is 24.8 Å². The normalized spacial score (nSPS) is 37.6. The third-order valence-corrected chi connectivity index (χ3v) is 4.46. The number of nitrogens with one attached hydrogen (secondary N) is 1. The van der Waals surface area contributed by atoms with Crippen LogP contribution in [0.25, 0.3) is 0 Å². The molecule has 0 aromatic rings. The summed E-state index contributed by atoms with van der Waals surface area (Å²) in [5, 5.41) is 3.72. The summed E-state index contributed by atoms with van der Waals surface area (Å²) in [5.74, 6) is 0.746. The third-order valence-electron chi connectivity index (χ3n) is 4.46. The Morgan fingerprint density at radius 2 is 2.06 bits per heavy atom. The van der Waals surface area contributed by atoms with Crippen molar-refractivity contribution in [2.75, 3.05) is 13.2 Å². The average Bonchev–Trinajstić information content (AvgIpc) is 2.19. The molecule has 1 aliphatic carbocycles. The molecular formula is C15H29NO. The van der Waals surface area contributed by atoms with Gasteiger partial charge in [0.25, 0.3) is 0 Å². The molecule has 100 valence electrons. The van der Waals surface area contributed by atoms with Crippen molar-refractivity contribution < 1.29 is 4.74 Å². The zero-order valence-electron chi connectivity index (χ0n) is 12.0. The molecule has 0 radical (unpaired) electrons. The number of hydrogen-bond acceptors (Lipinski definition) is 2. The topological polar surface area (TPSA) is 21.3 Å². The van der Waals surface area contributed by atoms with Gasteiger partial charge < -0.3 is 10.1 Å². The fourth-order valence-electron chi connectivity index (χ4n) is 3.82. The van der Waals surface area contributed by atoms with Gasteiger partial charge in [0.05, 0.1) is 12.2 Å². The maximum atomic E-state index is 6.29. The van der Waals surface area contributed by atoms with Crippen LogP contribution in [0.2, 0.25) is 0 Å². The Kier molecular flexibility index (Phi) is 3.84. The van der Waals surface area contributed by atoms with Crippen molar-refractivity contribution in [3.8, 4) is 0 Å². The zero-order valence-corrected chi connectivity index (χ0v) is 12.0. The lowest BCUT2D eigenvalue weighted by atomic mass is 9.65. The lowest BCUT2D eigenvalue weighted by Gasteiger charge is -2.52. The van der Waals surface area contributed by atoms with Gasteiger partial charge in [0.1, 0.15) is 0 Å². The first-order valence-electron chi connectivity index (χ1n) is 7.31. The molecule has 2 unspecified atom stereocenters. The standard InChI is InChI=1S/C15H29NO/c1-12(2)10-13-15(17-9-8-16-13)7-5-6-14(3,4)11-15/h12-13,16H,5-11H2,1-4H3. The molecule has 0 aromatic heterocycles. The van der Waals surface area contributed by atoms with Gasteiger partial charge in [0, 0.05) is 12.6 Å². The molecule has 2 fully saturated rings. The molecule has 1 spiro atoms. The van der Waals surface area contributed by atoms with Crippen molar-refractivity contribution in [1.29, 1.82) is 0 Å². The van der Waals surface area contributed by atoms with Crippen LogP contribution >= 0.6 is 0 Å². The van der Waals surface area contributed by atoms with E-state index in [4.69, 9.17) is 4.74 Å². The predicted molar refractivity (Wildman–Crippen MR) is 72.2 cm³/mol. The van der Waals surface area contributed by atoms with Crippen LogP contribution in [0, 0.1) is 11.3 Å². The summed E-state index contributed by atoms with van der Waals surface area (Å²) < 4.78 is 6.29. The monoisotopic (exact) mass is 239 g/mol. The van der Waals surface area contributed by atoms with Crippen LogP contribution < -0.4 is 5.32 Å². The Hall–Kier alpha value is -0.0800. The van der Waals surface area contributed by atoms with Gasteiger partial charge in [0.15, 0.2) is 0 Å². The van der Waals surface area contributed by atoms with E-state index in [9.17, 15) is 0 Å². The molecule has 1 saturated heterocycles. The van der Waals surface area contributed by atoms with Crippen LogP contribution in [-0.2, 0) is 4.74 Å². The van der Waals surface area contributed by atoms with Crippen molar-refractivity contribution in [3.05, 3.63) is 0 Å². The van der Waals surface area contributed by atoms with Crippen LogP contribution in [0.4, 0.5) is 0 Å². The van der Waals surface area contributed by atoms with Crippen molar-refractivity contribution >= 4 is 0 Å². The van der Waals surface area contributed by atoms with Crippen LogP contribution in [0.5, 0.6) is 0 Å². The lowest BCUT2D eigenvalue weighted by Crippen LogP contribution is -2.61. The highest BCUT2D eigenvalue weighted by Gasteiger charge is 2.47. The maximum Gasteiger partial charge on any atom is 0.0840 e. The Balaban J connectivity index is 2.13. The van der Waals surface area contributed by atoms with Gasteiger partial charge in [-0.1, -0.05) is 27.7 Å². The minimum absolute atomic E-state index is 0.129. The second-order valence-electron chi connectivity index (χ2n) is 7.24. The largest absolute Gasteiger partial charge is 0.372 e. The summed E-state index contributed by atoms with van der Waals surface area (Å²) in [5.41, 5.74) is 0.580.